The summed E-state index contributed by atoms with van der Waals surface area (Å²) in [5.74, 6) is 0.502. The van der Waals surface area contributed by atoms with Crippen molar-refractivity contribution in [3.63, 3.8) is 0 Å². The quantitative estimate of drug-likeness (QED) is 0.657. The number of pyridine rings is 1. The molecule has 3 aromatic rings. The smallest absolute Gasteiger partial charge is 0.260 e. The lowest BCUT2D eigenvalue weighted by atomic mass is 10.1. The van der Waals surface area contributed by atoms with Gasteiger partial charge in [-0.05, 0) is 30.7 Å². The topological polar surface area (TPSA) is 83.1 Å². The van der Waals surface area contributed by atoms with E-state index in [-0.39, 0.29) is 12.5 Å². The first-order valence-electron chi connectivity index (χ1n) is 8.25. The predicted molar refractivity (Wildman–Crippen MR) is 95.6 cm³/mol. The van der Waals surface area contributed by atoms with Crippen molar-refractivity contribution in [3.05, 3.63) is 36.7 Å². The van der Waals surface area contributed by atoms with E-state index in [2.05, 4.69) is 26.6 Å². The number of ether oxygens (including phenoxy) is 1. The molecule has 4 rings (SSSR count). The number of fused-ring (bicyclic) bond motifs is 4. The van der Waals surface area contributed by atoms with Crippen LogP contribution in [0.5, 0.6) is 5.75 Å². The zero-order chi connectivity index (χ0) is 17.2. The zero-order valence-electron chi connectivity index (χ0n) is 14.0. The Morgan fingerprint density at radius 2 is 2.16 bits per heavy atom. The van der Waals surface area contributed by atoms with Gasteiger partial charge in [0.2, 0.25) is 0 Å². The molecule has 7 nitrogen and oxygen atoms in total. The van der Waals surface area contributed by atoms with Crippen LogP contribution in [0.25, 0.3) is 22.2 Å². The van der Waals surface area contributed by atoms with Crippen molar-refractivity contribution in [3.8, 4) is 17.0 Å². The number of carbonyl (C=O) groups excluding carboxylic acids is 1. The molecule has 0 spiro atoms. The van der Waals surface area contributed by atoms with Crippen molar-refractivity contribution in [1.29, 1.82) is 0 Å². The average molecular weight is 337 g/mol. The van der Waals surface area contributed by atoms with Gasteiger partial charge in [-0.15, -0.1) is 0 Å². The largest absolute Gasteiger partial charge is 0.482 e. The van der Waals surface area contributed by atoms with Gasteiger partial charge in [-0.3, -0.25) is 14.9 Å². The first-order valence-corrected chi connectivity index (χ1v) is 8.25. The molecule has 2 N–H and O–H groups in total. The fourth-order valence-corrected chi connectivity index (χ4v) is 2.90. The second-order valence-corrected chi connectivity index (χ2v) is 6.13. The van der Waals surface area contributed by atoms with Crippen LogP contribution in [0, 0.1) is 0 Å². The monoisotopic (exact) mass is 337 g/mol. The summed E-state index contributed by atoms with van der Waals surface area (Å²) in [6.45, 7) is 1.46. The molecule has 128 valence electrons. The third kappa shape index (κ3) is 3.13. The Kier molecular flexibility index (Phi) is 3.97. The Labute approximate surface area is 145 Å². The third-order valence-electron chi connectivity index (χ3n) is 4.34. The van der Waals surface area contributed by atoms with E-state index in [0.717, 1.165) is 40.8 Å². The first-order chi connectivity index (χ1) is 12.2. The van der Waals surface area contributed by atoms with Gasteiger partial charge in [-0.2, -0.15) is 5.10 Å². The summed E-state index contributed by atoms with van der Waals surface area (Å²) >= 11 is 0. The molecular weight excluding hydrogens is 318 g/mol. The number of nitrogens with one attached hydrogen (secondary N) is 2. The number of aromatic amines is 1. The summed E-state index contributed by atoms with van der Waals surface area (Å²) in [5, 5.41) is 11.9. The molecule has 0 fully saturated rings. The maximum atomic E-state index is 12.2. The van der Waals surface area contributed by atoms with Gasteiger partial charge in [0.15, 0.2) is 6.61 Å². The van der Waals surface area contributed by atoms with Crippen LogP contribution < -0.4 is 10.1 Å². The van der Waals surface area contributed by atoms with E-state index in [0.29, 0.717) is 12.3 Å². The molecule has 7 heteroatoms. The van der Waals surface area contributed by atoms with Crippen molar-refractivity contribution >= 4 is 22.5 Å². The highest BCUT2D eigenvalue weighted by Gasteiger charge is 2.13. The average Bonchev–Trinajstić information content (AvgIpc) is 3.06. The minimum Gasteiger partial charge on any atom is -0.482 e. The number of carbonyl (C=O) groups is 1. The molecule has 1 aliphatic rings. The highest BCUT2D eigenvalue weighted by molar-refractivity contribution is 5.94. The Morgan fingerprint density at radius 1 is 1.24 bits per heavy atom. The zero-order valence-corrected chi connectivity index (χ0v) is 14.0. The number of hydrogen-bond acceptors (Lipinski definition) is 5. The number of aromatic nitrogens is 3. The van der Waals surface area contributed by atoms with Gasteiger partial charge < -0.3 is 15.0 Å². The van der Waals surface area contributed by atoms with Crippen molar-refractivity contribution in [2.45, 2.75) is 6.42 Å². The van der Waals surface area contributed by atoms with Crippen molar-refractivity contribution in [1.82, 2.24) is 20.1 Å². The van der Waals surface area contributed by atoms with E-state index < -0.39 is 0 Å². The fourth-order valence-electron chi connectivity index (χ4n) is 2.90. The van der Waals surface area contributed by atoms with Crippen LogP contribution >= 0.6 is 0 Å². The number of benzene rings is 1. The van der Waals surface area contributed by atoms with Crippen molar-refractivity contribution in [2.75, 3.05) is 32.1 Å². The van der Waals surface area contributed by atoms with Gasteiger partial charge in [0.05, 0.1) is 11.7 Å². The van der Waals surface area contributed by atoms with Crippen LogP contribution in [0.15, 0.2) is 36.7 Å². The van der Waals surface area contributed by atoms with Gasteiger partial charge in [0.25, 0.3) is 5.91 Å². The molecule has 1 amide bonds. The lowest BCUT2D eigenvalue weighted by Gasteiger charge is -2.17. The number of amides is 1. The third-order valence-corrected chi connectivity index (χ3v) is 4.34. The normalized spacial score (nSPS) is 15.4. The van der Waals surface area contributed by atoms with Crippen LogP contribution in [0.1, 0.15) is 6.42 Å². The summed E-state index contributed by atoms with van der Waals surface area (Å²) in [6, 6.07) is 7.97. The molecule has 0 radical (unpaired) electrons. The number of nitrogens with zero attached hydrogens (tertiary/aromatic N) is 3. The Morgan fingerprint density at radius 3 is 3.08 bits per heavy atom. The molecule has 0 saturated heterocycles. The Hall–Kier alpha value is -3.09. The molecule has 0 atom stereocenters. The number of hydrogen-bond donors (Lipinski definition) is 2. The maximum Gasteiger partial charge on any atom is 0.260 e. The van der Waals surface area contributed by atoms with Crippen LogP contribution in [0.4, 0.5) is 5.69 Å². The molecule has 25 heavy (non-hydrogen) atoms. The fraction of sp³-hybridized carbons (Fsp3) is 0.278. The Bertz CT molecular complexity index is 921. The van der Waals surface area contributed by atoms with Gasteiger partial charge in [0.1, 0.15) is 11.4 Å². The lowest BCUT2D eigenvalue weighted by molar-refractivity contribution is -0.132. The molecule has 1 aliphatic heterocycles. The number of rotatable bonds is 0. The minimum atomic E-state index is -0.0528. The van der Waals surface area contributed by atoms with Crippen LogP contribution in [-0.2, 0) is 4.79 Å². The molecule has 3 heterocycles. The minimum absolute atomic E-state index is 0.00120. The van der Waals surface area contributed by atoms with Crippen molar-refractivity contribution < 1.29 is 9.53 Å². The maximum absolute atomic E-state index is 12.2. The standard InChI is InChI=1S/C18H19N5O2/c1-23-6-2-5-20-13-3-4-16-15(8-13)18(22-21-16)12-7-14(10-19-9-12)25-11-17(23)24/h3-4,7-10,20H,2,5-6,11H2,1H3,(H,21,22). The second kappa shape index (κ2) is 6.43. The summed E-state index contributed by atoms with van der Waals surface area (Å²) in [7, 11) is 1.79. The van der Waals surface area contributed by atoms with Gasteiger partial charge in [-0.1, -0.05) is 0 Å². The number of likely N-dealkylation sites (N-methyl/N-ethyl adjacent to an activating group) is 1. The molecular formula is C18H19N5O2. The van der Waals surface area contributed by atoms with Gasteiger partial charge in [0, 0.05) is 43.0 Å². The second-order valence-electron chi connectivity index (χ2n) is 6.13. The van der Waals surface area contributed by atoms with Gasteiger partial charge >= 0.3 is 0 Å². The molecule has 0 unspecified atom stereocenters. The van der Waals surface area contributed by atoms with Crippen LogP contribution in [0.3, 0.4) is 0 Å². The SMILES string of the molecule is CN1CCCNc2ccc3[nH]nc(c3c2)-c2cncc(c2)OCC1=O. The van der Waals surface area contributed by atoms with E-state index >= 15 is 0 Å². The van der Waals surface area contributed by atoms with Crippen LogP contribution in [0.2, 0.25) is 0 Å². The molecule has 0 saturated carbocycles. The molecule has 4 bridgehead atoms. The summed E-state index contributed by atoms with van der Waals surface area (Å²) < 4.78 is 5.63. The number of anilines is 1. The molecule has 2 aromatic heterocycles. The molecule has 1 aromatic carbocycles. The van der Waals surface area contributed by atoms with E-state index in [1.807, 2.05) is 18.2 Å². The first kappa shape index (κ1) is 15.4. The number of H-pyrrole nitrogens is 1. The predicted octanol–water partition coefficient (Wildman–Crippen LogP) is 2.28. The summed E-state index contributed by atoms with van der Waals surface area (Å²) in [6.07, 6.45) is 4.21. The van der Waals surface area contributed by atoms with Crippen LogP contribution in [-0.4, -0.2) is 52.7 Å². The van der Waals surface area contributed by atoms with E-state index in [4.69, 9.17) is 4.74 Å². The van der Waals surface area contributed by atoms with Gasteiger partial charge in [-0.25, -0.2) is 0 Å². The summed E-state index contributed by atoms with van der Waals surface area (Å²) in [5.41, 5.74) is 3.65. The van der Waals surface area contributed by atoms with E-state index in [9.17, 15) is 4.79 Å². The lowest BCUT2D eigenvalue weighted by Crippen LogP contribution is -2.33. The molecule has 0 aliphatic carbocycles. The highest BCUT2D eigenvalue weighted by Crippen LogP contribution is 2.29. The van der Waals surface area contributed by atoms with E-state index in [1.165, 1.54) is 0 Å². The highest BCUT2D eigenvalue weighted by atomic mass is 16.5. The summed E-state index contributed by atoms with van der Waals surface area (Å²) in [4.78, 5) is 18.1. The van der Waals surface area contributed by atoms with Crippen molar-refractivity contribution in [2.24, 2.45) is 0 Å². The van der Waals surface area contributed by atoms with E-state index in [1.54, 1.807) is 24.3 Å². The Balaban J connectivity index is 1.77.